The highest BCUT2D eigenvalue weighted by atomic mass is 35.5. The molecule has 0 aliphatic heterocycles. The molecule has 25 heavy (non-hydrogen) atoms. The van der Waals surface area contributed by atoms with Crippen LogP contribution in [-0.2, 0) is 6.42 Å². The molecular formula is C20H18ClN3O. The van der Waals surface area contributed by atoms with Crippen molar-refractivity contribution >= 4 is 34.7 Å². The fraction of sp³-hybridized carbons (Fsp3) is 0.100. The van der Waals surface area contributed by atoms with Crippen molar-refractivity contribution in [3.8, 4) is 0 Å². The second-order valence-electron chi connectivity index (χ2n) is 5.57. The molecule has 0 spiro atoms. The van der Waals surface area contributed by atoms with E-state index in [1.165, 1.54) is 5.56 Å². The first-order chi connectivity index (χ1) is 12.1. The van der Waals surface area contributed by atoms with E-state index >= 15 is 0 Å². The van der Waals surface area contributed by atoms with E-state index in [0.29, 0.717) is 22.1 Å². The van der Waals surface area contributed by atoms with Gasteiger partial charge >= 0.3 is 0 Å². The zero-order valence-corrected chi connectivity index (χ0v) is 14.5. The molecule has 0 bridgehead atoms. The van der Waals surface area contributed by atoms with Crippen molar-refractivity contribution in [3.05, 3.63) is 83.0 Å². The summed E-state index contributed by atoms with van der Waals surface area (Å²) in [4.78, 5) is 16.5. The number of pyridine rings is 1. The van der Waals surface area contributed by atoms with Crippen LogP contribution in [0.3, 0.4) is 0 Å². The minimum atomic E-state index is -0.222. The molecule has 0 fully saturated rings. The van der Waals surface area contributed by atoms with E-state index in [1.807, 2.05) is 18.2 Å². The monoisotopic (exact) mass is 351 g/mol. The van der Waals surface area contributed by atoms with E-state index in [-0.39, 0.29) is 5.91 Å². The Hall–Kier alpha value is -2.85. The number of hydrogen-bond donors (Lipinski definition) is 2. The summed E-state index contributed by atoms with van der Waals surface area (Å²) in [6.07, 6.45) is 2.63. The predicted molar refractivity (Wildman–Crippen MR) is 103 cm³/mol. The number of benzene rings is 2. The van der Waals surface area contributed by atoms with E-state index in [0.717, 1.165) is 12.1 Å². The second kappa shape index (κ2) is 7.81. The minimum Gasteiger partial charge on any atom is -0.340 e. The maximum Gasteiger partial charge on any atom is 0.255 e. The molecule has 0 unspecified atom stereocenters. The van der Waals surface area contributed by atoms with Gasteiger partial charge in [-0.25, -0.2) is 4.98 Å². The quantitative estimate of drug-likeness (QED) is 0.656. The van der Waals surface area contributed by atoms with Crippen LogP contribution in [0.4, 0.5) is 17.2 Å². The molecule has 0 aliphatic carbocycles. The van der Waals surface area contributed by atoms with E-state index in [1.54, 1.807) is 36.5 Å². The average Bonchev–Trinajstić information content (AvgIpc) is 2.64. The Labute approximate surface area is 151 Å². The highest BCUT2D eigenvalue weighted by Gasteiger charge is 2.07. The van der Waals surface area contributed by atoms with Crippen LogP contribution < -0.4 is 10.6 Å². The number of rotatable bonds is 5. The van der Waals surface area contributed by atoms with Crippen molar-refractivity contribution in [1.29, 1.82) is 0 Å². The minimum absolute atomic E-state index is 0.222. The van der Waals surface area contributed by atoms with Crippen LogP contribution in [0.25, 0.3) is 0 Å². The number of amides is 1. The molecule has 0 aliphatic rings. The Morgan fingerprint density at radius 2 is 1.80 bits per heavy atom. The highest BCUT2D eigenvalue weighted by Crippen LogP contribution is 2.18. The Bertz CT molecular complexity index is 861. The lowest BCUT2D eigenvalue weighted by Crippen LogP contribution is -2.12. The Balaban J connectivity index is 1.64. The van der Waals surface area contributed by atoms with Gasteiger partial charge in [0.15, 0.2) is 0 Å². The SMILES string of the molecule is CCc1ccc(Nc2ccc(NC(=O)c3cccc(Cl)c3)cn2)cc1. The highest BCUT2D eigenvalue weighted by molar-refractivity contribution is 6.31. The maximum atomic E-state index is 12.2. The summed E-state index contributed by atoms with van der Waals surface area (Å²) in [6.45, 7) is 2.13. The van der Waals surface area contributed by atoms with Crippen LogP contribution in [0, 0.1) is 0 Å². The van der Waals surface area contributed by atoms with Gasteiger partial charge in [-0.15, -0.1) is 0 Å². The van der Waals surface area contributed by atoms with Crippen molar-refractivity contribution in [2.75, 3.05) is 10.6 Å². The number of halogens is 1. The molecule has 0 atom stereocenters. The van der Waals surface area contributed by atoms with Gasteiger partial charge in [0.1, 0.15) is 5.82 Å². The summed E-state index contributed by atoms with van der Waals surface area (Å²) in [5.74, 6) is 0.491. The number of anilines is 3. The molecule has 2 aromatic carbocycles. The molecule has 0 saturated carbocycles. The topological polar surface area (TPSA) is 54.0 Å². The normalized spacial score (nSPS) is 10.3. The summed E-state index contributed by atoms with van der Waals surface area (Å²) >= 11 is 5.91. The van der Waals surface area contributed by atoms with E-state index < -0.39 is 0 Å². The van der Waals surface area contributed by atoms with Gasteiger partial charge in [-0.2, -0.15) is 0 Å². The number of aromatic nitrogens is 1. The van der Waals surface area contributed by atoms with Crippen LogP contribution in [0.1, 0.15) is 22.8 Å². The van der Waals surface area contributed by atoms with E-state index in [4.69, 9.17) is 11.6 Å². The van der Waals surface area contributed by atoms with E-state index in [2.05, 4.69) is 34.7 Å². The Kier molecular flexibility index (Phi) is 5.31. The van der Waals surface area contributed by atoms with Gasteiger partial charge in [-0.05, 0) is 54.4 Å². The average molecular weight is 352 g/mol. The van der Waals surface area contributed by atoms with Crippen LogP contribution in [0.15, 0.2) is 66.9 Å². The second-order valence-corrected chi connectivity index (χ2v) is 6.01. The third-order valence-corrected chi connectivity index (χ3v) is 3.98. The predicted octanol–water partition coefficient (Wildman–Crippen LogP) is 5.29. The summed E-state index contributed by atoms with van der Waals surface area (Å²) in [6, 6.07) is 18.7. The molecule has 0 saturated heterocycles. The molecule has 1 amide bonds. The van der Waals surface area contributed by atoms with Crippen LogP contribution in [0.2, 0.25) is 5.02 Å². The number of carbonyl (C=O) groups is 1. The molecule has 0 radical (unpaired) electrons. The third-order valence-electron chi connectivity index (χ3n) is 3.74. The zero-order chi connectivity index (χ0) is 17.6. The first kappa shape index (κ1) is 17.0. The fourth-order valence-corrected chi connectivity index (χ4v) is 2.54. The molecule has 1 heterocycles. The molecular weight excluding hydrogens is 334 g/mol. The summed E-state index contributed by atoms with van der Waals surface area (Å²) < 4.78 is 0. The van der Waals surface area contributed by atoms with E-state index in [9.17, 15) is 4.79 Å². The molecule has 1 aromatic heterocycles. The van der Waals surface area contributed by atoms with Crippen LogP contribution in [-0.4, -0.2) is 10.9 Å². The number of nitrogens with one attached hydrogen (secondary N) is 2. The number of aryl methyl sites for hydroxylation is 1. The number of carbonyl (C=O) groups excluding carboxylic acids is 1. The molecule has 4 nitrogen and oxygen atoms in total. The Morgan fingerprint density at radius 1 is 1.04 bits per heavy atom. The molecule has 3 aromatic rings. The van der Waals surface area contributed by atoms with Gasteiger partial charge < -0.3 is 10.6 Å². The van der Waals surface area contributed by atoms with Gasteiger partial charge in [0.2, 0.25) is 0 Å². The molecule has 5 heteroatoms. The van der Waals surface area contributed by atoms with Gasteiger partial charge in [0.05, 0.1) is 11.9 Å². The van der Waals surface area contributed by atoms with Crippen molar-refractivity contribution in [1.82, 2.24) is 4.98 Å². The van der Waals surface area contributed by atoms with Gasteiger partial charge in [0, 0.05) is 16.3 Å². The van der Waals surface area contributed by atoms with Crippen molar-refractivity contribution in [3.63, 3.8) is 0 Å². The van der Waals surface area contributed by atoms with Gasteiger partial charge in [-0.3, -0.25) is 4.79 Å². The standard InChI is InChI=1S/C20H18ClN3O/c1-2-14-6-8-17(9-7-14)23-19-11-10-18(13-22-19)24-20(25)15-4-3-5-16(21)12-15/h3-13H,2H2,1H3,(H,22,23)(H,24,25). The number of hydrogen-bond acceptors (Lipinski definition) is 3. The van der Waals surface area contributed by atoms with Crippen LogP contribution in [0.5, 0.6) is 0 Å². The smallest absolute Gasteiger partial charge is 0.255 e. The maximum absolute atomic E-state index is 12.2. The van der Waals surface area contributed by atoms with Crippen molar-refractivity contribution in [2.45, 2.75) is 13.3 Å². The molecule has 126 valence electrons. The van der Waals surface area contributed by atoms with Gasteiger partial charge in [0.25, 0.3) is 5.91 Å². The summed E-state index contributed by atoms with van der Waals surface area (Å²) in [5, 5.41) is 6.56. The lowest BCUT2D eigenvalue weighted by Gasteiger charge is -2.08. The first-order valence-electron chi connectivity index (χ1n) is 8.03. The Morgan fingerprint density at radius 3 is 2.44 bits per heavy atom. The van der Waals surface area contributed by atoms with Gasteiger partial charge in [-0.1, -0.05) is 36.7 Å². The fourth-order valence-electron chi connectivity index (χ4n) is 2.35. The zero-order valence-electron chi connectivity index (χ0n) is 13.8. The number of nitrogens with zero attached hydrogens (tertiary/aromatic N) is 1. The third kappa shape index (κ3) is 4.58. The molecule has 2 N–H and O–H groups in total. The lowest BCUT2D eigenvalue weighted by atomic mass is 10.1. The largest absolute Gasteiger partial charge is 0.340 e. The first-order valence-corrected chi connectivity index (χ1v) is 8.41. The van der Waals surface area contributed by atoms with Crippen molar-refractivity contribution < 1.29 is 4.79 Å². The summed E-state index contributed by atoms with van der Waals surface area (Å²) in [5.41, 5.74) is 3.39. The summed E-state index contributed by atoms with van der Waals surface area (Å²) in [7, 11) is 0. The molecule has 3 rings (SSSR count). The lowest BCUT2D eigenvalue weighted by molar-refractivity contribution is 0.102. The van der Waals surface area contributed by atoms with Crippen molar-refractivity contribution in [2.24, 2.45) is 0 Å². The van der Waals surface area contributed by atoms with Crippen LogP contribution >= 0.6 is 11.6 Å².